The van der Waals surface area contributed by atoms with Crippen molar-refractivity contribution >= 4 is 39.9 Å². The van der Waals surface area contributed by atoms with Gasteiger partial charge in [-0.2, -0.15) is 9.15 Å². The van der Waals surface area contributed by atoms with E-state index in [9.17, 15) is 20.4 Å². The van der Waals surface area contributed by atoms with Gasteiger partial charge in [0.2, 0.25) is 22.8 Å². The second-order valence-corrected chi connectivity index (χ2v) is 11.9. The Morgan fingerprint density at radius 1 is 0.522 bits per heavy atom. The summed E-state index contributed by atoms with van der Waals surface area (Å²) in [4.78, 5) is 4.24. The van der Waals surface area contributed by atoms with Crippen LogP contribution >= 0.6 is 0 Å². The van der Waals surface area contributed by atoms with E-state index >= 15 is 0 Å². The summed E-state index contributed by atoms with van der Waals surface area (Å²) in [5, 5.41) is 39.1. The fourth-order valence-corrected chi connectivity index (χ4v) is 5.80. The van der Waals surface area contributed by atoms with E-state index < -0.39 is 0 Å². The van der Waals surface area contributed by atoms with E-state index in [1.54, 1.807) is 0 Å². The summed E-state index contributed by atoms with van der Waals surface area (Å²) in [5.41, 5.74) is 8.13. The molecule has 46 heavy (non-hydrogen) atoms. The van der Waals surface area contributed by atoms with E-state index in [4.69, 9.17) is 0 Å². The second kappa shape index (κ2) is 17.0. The van der Waals surface area contributed by atoms with Crippen molar-refractivity contribution in [3.05, 3.63) is 103 Å². The van der Waals surface area contributed by atoms with Gasteiger partial charge < -0.3 is 30.2 Å². The molecular weight excluding hydrogens is 576 g/mol. The number of hydrogen-bond acceptors (Lipinski definition) is 6. The van der Waals surface area contributed by atoms with Crippen LogP contribution in [0.3, 0.4) is 0 Å². The molecule has 8 heteroatoms. The number of aliphatic hydroxyl groups is 4. The zero-order valence-electron chi connectivity index (χ0n) is 27.6. The summed E-state index contributed by atoms with van der Waals surface area (Å²) < 4.78 is 4.18. The van der Waals surface area contributed by atoms with Crippen molar-refractivity contribution in [3.8, 4) is 0 Å². The first-order chi connectivity index (χ1) is 22.3. The highest BCUT2D eigenvalue weighted by molar-refractivity contribution is 6.15. The number of benzene rings is 3. The van der Waals surface area contributed by atoms with E-state index in [-0.39, 0.29) is 32.5 Å². The molecule has 0 heterocycles. The predicted octanol–water partition coefficient (Wildman–Crippen LogP) is 5.13. The van der Waals surface area contributed by atoms with Crippen LogP contribution in [0.1, 0.15) is 39.2 Å². The van der Waals surface area contributed by atoms with Crippen LogP contribution < -0.4 is 9.80 Å². The van der Waals surface area contributed by atoms with Gasteiger partial charge in [-0.05, 0) is 61.7 Å². The summed E-state index contributed by atoms with van der Waals surface area (Å²) in [7, 11) is 0. The first-order valence-electron chi connectivity index (χ1n) is 16.2. The average Bonchev–Trinajstić information content (AvgIpc) is 3.08. The smallest absolute Gasteiger partial charge is 0.206 e. The van der Waals surface area contributed by atoms with Crippen LogP contribution in [-0.4, -0.2) is 99.6 Å². The van der Waals surface area contributed by atoms with Crippen LogP contribution in [-0.2, 0) is 0 Å². The van der Waals surface area contributed by atoms with Gasteiger partial charge in [-0.25, -0.2) is 0 Å². The van der Waals surface area contributed by atoms with E-state index in [1.165, 1.54) is 5.56 Å². The Hall–Kier alpha value is -4.08. The first kappa shape index (κ1) is 34.8. The Bertz CT molecular complexity index is 1500. The number of nitrogens with zero attached hydrogens (tertiary/aromatic N) is 4. The Morgan fingerprint density at radius 3 is 1.33 bits per heavy atom. The number of anilines is 3. The Morgan fingerprint density at radius 2 is 0.935 bits per heavy atom. The van der Waals surface area contributed by atoms with Crippen LogP contribution in [0.15, 0.2) is 97.1 Å². The molecule has 0 aromatic heterocycles. The summed E-state index contributed by atoms with van der Waals surface area (Å²) in [6, 6.07) is 25.1. The van der Waals surface area contributed by atoms with Crippen LogP contribution in [0.4, 0.5) is 28.4 Å². The molecule has 3 aromatic carbocycles. The topological polar surface area (TPSA) is 93.4 Å². The second-order valence-electron chi connectivity index (χ2n) is 11.9. The fraction of sp³-hybridized carbons (Fsp3) is 0.368. The maximum Gasteiger partial charge on any atom is 0.206 e. The summed E-state index contributed by atoms with van der Waals surface area (Å²) in [5.74, 6) is 0.453. The lowest BCUT2D eigenvalue weighted by molar-refractivity contribution is -0.444. The standard InChI is InChI=1S/C38H50N4O4/c1-29(2)31-5-7-33(8-6-31)40(22-26-44)35-13-15-37(16-14-35)42(24-28-46)38-19-17-36(18-20-38)41(23-27-45)34-11-9-32(10-12-34)39(21-25-43)30(3)4/h5-20,29-30,43-46H,21-28H2,1-4H3/q+2. The minimum absolute atomic E-state index is 0.00426. The van der Waals surface area contributed by atoms with Gasteiger partial charge in [-0.15, -0.1) is 0 Å². The molecule has 0 saturated heterocycles. The lowest BCUT2D eigenvalue weighted by atomic mass is 10.0. The molecule has 4 N–H and O–H groups in total. The third kappa shape index (κ3) is 8.59. The maximum atomic E-state index is 9.94. The molecule has 0 bridgehead atoms. The Kier molecular flexibility index (Phi) is 12.9. The van der Waals surface area contributed by atoms with Gasteiger partial charge >= 0.3 is 0 Å². The van der Waals surface area contributed by atoms with Crippen molar-refractivity contribution in [2.75, 3.05) is 62.4 Å². The highest BCUT2D eigenvalue weighted by Crippen LogP contribution is 2.30. The van der Waals surface area contributed by atoms with E-state index in [1.807, 2.05) is 60.7 Å². The number of allylic oxidation sites excluding steroid dienone is 4. The Labute approximate surface area is 273 Å². The molecule has 0 fully saturated rings. The van der Waals surface area contributed by atoms with Gasteiger partial charge in [0.05, 0.1) is 13.2 Å². The van der Waals surface area contributed by atoms with E-state index in [0.717, 1.165) is 39.9 Å². The molecule has 1 aliphatic carbocycles. The molecule has 3 aromatic rings. The lowest BCUT2D eigenvalue weighted by Crippen LogP contribution is -2.33. The van der Waals surface area contributed by atoms with Gasteiger partial charge in [0, 0.05) is 84.8 Å². The van der Waals surface area contributed by atoms with Gasteiger partial charge in [0.25, 0.3) is 0 Å². The molecule has 0 amide bonds. The number of hydrogen-bond donors (Lipinski definition) is 4. The molecule has 244 valence electrons. The molecule has 8 nitrogen and oxygen atoms in total. The monoisotopic (exact) mass is 626 g/mol. The highest BCUT2D eigenvalue weighted by atomic mass is 16.3. The van der Waals surface area contributed by atoms with Crippen LogP contribution in [0.25, 0.3) is 0 Å². The van der Waals surface area contributed by atoms with Crippen molar-refractivity contribution in [3.63, 3.8) is 0 Å². The summed E-state index contributed by atoms with van der Waals surface area (Å²) in [6.45, 7) is 10.6. The molecule has 4 rings (SSSR count). The quantitative estimate of drug-likeness (QED) is 0.138. The average molecular weight is 627 g/mol. The van der Waals surface area contributed by atoms with Crippen molar-refractivity contribution in [1.29, 1.82) is 0 Å². The number of rotatable bonds is 15. The van der Waals surface area contributed by atoms with E-state index in [0.29, 0.717) is 32.1 Å². The normalized spacial score (nSPS) is 12.7. The zero-order valence-corrected chi connectivity index (χ0v) is 27.6. The predicted molar refractivity (Wildman–Crippen MR) is 189 cm³/mol. The number of aliphatic hydroxyl groups excluding tert-OH is 4. The van der Waals surface area contributed by atoms with Crippen molar-refractivity contribution in [1.82, 2.24) is 0 Å². The van der Waals surface area contributed by atoms with Crippen molar-refractivity contribution < 1.29 is 29.6 Å². The SMILES string of the molecule is CC(C)c1ccc([N+](CCO)=C2C=CC(=[N+](CCO)c3ccc(N(CCO)c4ccc(N(CCO)C(C)C)cc4)cc3)C=C2)cc1. The van der Waals surface area contributed by atoms with Crippen LogP contribution in [0.2, 0.25) is 0 Å². The first-order valence-corrected chi connectivity index (χ1v) is 16.2. The van der Waals surface area contributed by atoms with Crippen molar-refractivity contribution in [2.24, 2.45) is 0 Å². The third-order valence-electron chi connectivity index (χ3n) is 8.25. The maximum absolute atomic E-state index is 9.94. The van der Waals surface area contributed by atoms with E-state index in [2.05, 4.69) is 83.0 Å². The molecule has 0 unspecified atom stereocenters. The van der Waals surface area contributed by atoms with Gasteiger partial charge in [-0.1, -0.05) is 26.0 Å². The highest BCUT2D eigenvalue weighted by Gasteiger charge is 2.21. The molecule has 0 atom stereocenters. The van der Waals surface area contributed by atoms with Gasteiger partial charge in [0.15, 0.2) is 13.1 Å². The molecule has 0 spiro atoms. The molecule has 1 aliphatic rings. The summed E-state index contributed by atoms with van der Waals surface area (Å²) in [6.07, 6.45) is 8.19. The van der Waals surface area contributed by atoms with Crippen LogP contribution in [0, 0.1) is 0 Å². The van der Waals surface area contributed by atoms with Gasteiger partial charge in [-0.3, -0.25) is 0 Å². The molecule has 0 aliphatic heterocycles. The molecule has 0 saturated carbocycles. The fourth-order valence-electron chi connectivity index (χ4n) is 5.80. The third-order valence-corrected chi connectivity index (χ3v) is 8.25. The minimum Gasteiger partial charge on any atom is -0.395 e. The molecular formula is C38H50N4O4+2. The van der Waals surface area contributed by atoms with Crippen LogP contribution in [0.5, 0.6) is 0 Å². The largest absolute Gasteiger partial charge is 0.395 e. The summed E-state index contributed by atoms with van der Waals surface area (Å²) >= 11 is 0. The van der Waals surface area contributed by atoms with Gasteiger partial charge in [0.1, 0.15) is 13.2 Å². The lowest BCUT2D eigenvalue weighted by Gasteiger charge is -2.29. The Balaban J connectivity index is 1.60. The zero-order chi connectivity index (χ0) is 33.1. The van der Waals surface area contributed by atoms with Crippen molar-refractivity contribution in [2.45, 2.75) is 39.7 Å². The minimum atomic E-state index is -0.00496. The molecule has 0 radical (unpaired) electrons.